The van der Waals surface area contributed by atoms with Crippen LogP contribution in [-0.2, 0) is 4.79 Å². The first-order chi connectivity index (χ1) is 14.7. The van der Waals surface area contributed by atoms with E-state index < -0.39 is 0 Å². The van der Waals surface area contributed by atoms with Crippen LogP contribution in [0.15, 0.2) is 67.6 Å². The van der Waals surface area contributed by atoms with Crippen LogP contribution in [0.1, 0.15) is 12.8 Å². The molecule has 0 aliphatic carbocycles. The van der Waals surface area contributed by atoms with Crippen LogP contribution in [0.2, 0.25) is 0 Å². The second kappa shape index (κ2) is 10.5. The summed E-state index contributed by atoms with van der Waals surface area (Å²) in [4.78, 5) is 15.6. The number of amides is 1. The van der Waals surface area contributed by atoms with Crippen molar-refractivity contribution in [3.05, 3.63) is 67.6 Å². The summed E-state index contributed by atoms with van der Waals surface area (Å²) in [5.74, 6) is 0.291. The van der Waals surface area contributed by atoms with Gasteiger partial charge in [-0.3, -0.25) is 4.79 Å². The zero-order chi connectivity index (χ0) is 21.2. The van der Waals surface area contributed by atoms with Crippen molar-refractivity contribution in [2.75, 3.05) is 13.1 Å². The zero-order valence-corrected chi connectivity index (χ0v) is 16.4. The van der Waals surface area contributed by atoms with Gasteiger partial charge < -0.3 is 15.0 Å². The van der Waals surface area contributed by atoms with Gasteiger partial charge in [-0.1, -0.05) is 18.7 Å². The Morgan fingerprint density at radius 3 is 2.47 bits per heavy atom. The first-order valence-electron chi connectivity index (χ1n) is 9.49. The fourth-order valence-electron chi connectivity index (χ4n) is 2.91. The number of rotatable bonds is 2. The van der Waals surface area contributed by atoms with Crippen LogP contribution in [0, 0.1) is 0 Å². The van der Waals surface area contributed by atoms with Gasteiger partial charge >= 0.3 is 0 Å². The van der Waals surface area contributed by atoms with Gasteiger partial charge in [0, 0.05) is 30.2 Å². The van der Waals surface area contributed by atoms with Crippen molar-refractivity contribution in [1.29, 1.82) is 0 Å². The molecule has 1 fully saturated rings. The molecule has 154 valence electrons. The largest absolute Gasteiger partial charge is 0.507 e. The lowest BCUT2D eigenvalue weighted by molar-refractivity contribution is -0.124. The maximum Gasteiger partial charge on any atom is 0.245 e. The fourth-order valence-corrected chi connectivity index (χ4v) is 2.91. The van der Waals surface area contributed by atoms with Gasteiger partial charge in [-0.15, -0.1) is 10.2 Å². The molecule has 0 spiro atoms. The van der Waals surface area contributed by atoms with Crippen molar-refractivity contribution < 1.29 is 9.90 Å². The molecule has 0 radical (unpaired) electrons. The maximum atomic E-state index is 10.8. The predicted octanol–water partition coefficient (Wildman–Crippen LogP) is 2.93. The number of carbonyl (C=O) groups is 1. The number of aromatic hydroxyl groups is 1. The van der Waals surface area contributed by atoms with Crippen molar-refractivity contribution in [2.45, 2.75) is 12.8 Å². The number of benzene rings is 1. The van der Waals surface area contributed by atoms with E-state index in [0.29, 0.717) is 11.3 Å². The first-order valence-corrected chi connectivity index (χ1v) is 9.49. The van der Waals surface area contributed by atoms with Crippen molar-refractivity contribution in [3.63, 3.8) is 0 Å². The molecular weight excluding hydrogens is 382 g/mol. The summed E-state index contributed by atoms with van der Waals surface area (Å²) in [5.41, 5.74) is 2.11. The molecule has 9 nitrogen and oxygen atoms in total. The molecule has 1 aromatic carbocycles. The molecule has 1 aliphatic heterocycles. The smallest absolute Gasteiger partial charge is 0.245 e. The van der Waals surface area contributed by atoms with E-state index in [0.717, 1.165) is 37.0 Å². The number of aromatic nitrogens is 6. The Morgan fingerprint density at radius 2 is 1.83 bits per heavy atom. The minimum absolute atomic E-state index is 0.0764. The average molecular weight is 405 g/mol. The van der Waals surface area contributed by atoms with Crippen molar-refractivity contribution in [2.24, 2.45) is 0 Å². The third-order valence-electron chi connectivity index (χ3n) is 4.41. The van der Waals surface area contributed by atoms with E-state index >= 15 is 0 Å². The van der Waals surface area contributed by atoms with E-state index in [1.165, 1.54) is 6.08 Å². The van der Waals surface area contributed by atoms with Crippen molar-refractivity contribution in [3.8, 4) is 17.0 Å². The Labute approximate surface area is 173 Å². The number of phenolic OH excluding ortho intramolecular Hbond substituents is 1. The number of nitrogens with zero attached hydrogens (tertiary/aromatic N) is 5. The number of carbonyl (C=O) groups excluding carboxylic acids is 1. The highest BCUT2D eigenvalue weighted by atomic mass is 16.3. The highest BCUT2D eigenvalue weighted by molar-refractivity contribution is 5.87. The third kappa shape index (κ3) is 5.51. The fraction of sp³-hybridized carbons (Fsp3) is 0.190. The van der Waals surface area contributed by atoms with E-state index in [4.69, 9.17) is 0 Å². The highest BCUT2D eigenvalue weighted by Gasteiger charge is 2.14. The topological polar surface area (TPSA) is 124 Å². The molecule has 4 aromatic rings. The molecule has 0 bridgehead atoms. The van der Waals surface area contributed by atoms with Gasteiger partial charge in [-0.2, -0.15) is 15.4 Å². The Hall–Kier alpha value is -4.01. The molecule has 3 N–H and O–H groups in total. The number of nitrogens with one attached hydrogen (secondary N) is 2. The lowest BCUT2D eigenvalue weighted by Gasteiger charge is -2.10. The van der Waals surface area contributed by atoms with Crippen LogP contribution in [-0.4, -0.2) is 59.6 Å². The van der Waals surface area contributed by atoms with E-state index in [1.807, 2.05) is 35.4 Å². The van der Waals surface area contributed by atoms with Crippen LogP contribution >= 0.6 is 0 Å². The average Bonchev–Trinajstić information content (AvgIpc) is 3.57. The van der Waals surface area contributed by atoms with Crippen LogP contribution in [0.5, 0.6) is 5.75 Å². The Morgan fingerprint density at radius 1 is 1.10 bits per heavy atom. The summed E-state index contributed by atoms with van der Waals surface area (Å²) in [7, 11) is 0. The molecule has 1 aliphatic rings. The van der Waals surface area contributed by atoms with Gasteiger partial charge in [0.25, 0.3) is 0 Å². The third-order valence-corrected chi connectivity index (χ3v) is 4.41. The van der Waals surface area contributed by atoms with Crippen molar-refractivity contribution in [1.82, 2.24) is 35.5 Å². The molecule has 4 heterocycles. The summed E-state index contributed by atoms with van der Waals surface area (Å²) < 4.78 is 0. The molecule has 0 atom stereocenters. The number of phenols is 1. The summed E-state index contributed by atoms with van der Waals surface area (Å²) in [6.45, 7) is 5.26. The standard InChI is InChI=1S/C12H9N3O.C7H11NO.C2H3N3/c16-11-4-2-1-3-9(11)10-7-8-5-6-13-12(8)15-14-10;1-2-7(9)8-5-3-4-6-8;1-2-4-5-3-1/h1-7,16H,(H,13,15);2H,1,3-6H2;1-2H,(H,3,4,5). The molecule has 1 saturated heterocycles. The summed E-state index contributed by atoms with van der Waals surface area (Å²) in [5, 5.41) is 28.1. The number of H-pyrrole nitrogens is 2. The van der Waals surface area contributed by atoms with E-state index in [-0.39, 0.29) is 11.7 Å². The molecule has 1 amide bonds. The summed E-state index contributed by atoms with van der Waals surface area (Å²) in [6, 6.07) is 10.9. The normalized spacial score (nSPS) is 12.5. The number of hydrogen-bond donors (Lipinski definition) is 3. The minimum atomic E-state index is 0.0764. The van der Waals surface area contributed by atoms with E-state index in [9.17, 15) is 9.90 Å². The number of para-hydroxylation sites is 1. The first kappa shape index (κ1) is 20.7. The second-order valence-corrected chi connectivity index (χ2v) is 6.42. The van der Waals surface area contributed by atoms with Gasteiger partial charge in [0.1, 0.15) is 5.75 Å². The number of fused-ring (bicyclic) bond motifs is 1. The van der Waals surface area contributed by atoms with Crippen LogP contribution < -0.4 is 0 Å². The summed E-state index contributed by atoms with van der Waals surface area (Å²) in [6.07, 6.45) is 8.67. The number of hydrogen-bond acceptors (Lipinski definition) is 6. The summed E-state index contributed by atoms with van der Waals surface area (Å²) >= 11 is 0. The van der Waals surface area contributed by atoms with Gasteiger partial charge in [-0.25, -0.2) is 0 Å². The van der Waals surface area contributed by atoms with Gasteiger partial charge in [-0.05, 0) is 43.2 Å². The molecular formula is C21H23N7O2. The van der Waals surface area contributed by atoms with Crippen LogP contribution in [0.4, 0.5) is 0 Å². The molecule has 0 unspecified atom stereocenters. The van der Waals surface area contributed by atoms with Crippen LogP contribution in [0.25, 0.3) is 22.3 Å². The van der Waals surface area contributed by atoms with E-state index in [2.05, 4.69) is 37.2 Å². The quantitative estimate of drug-likeness (QED) is 0.441. The maximum absolute atomic E-state index is 10.8. The second-order valence-electron chi connectivity index (χ2n) is 6.42. The van der Waals surface area contributed by atoms with Gasteiger partial charge in [0.2, 0.25) is 5.91 Å². The monoisotopic (exact) mass is 405 g/mol. The van der Waals surface area contributed by atoms with Gasteiger partial charge in [0.15, 0.2) is 5.65 Å². The minimum Gasteiger partial charge on any atom is -0.507 e. The van der Waals surface area contributed by atoms with Crippen LogP contribution in [0.3, 0.4) is 0 Å². The Kier molecular flexibility index (Phi) is 7.26. The Bertz CT molecular complexity index is 1050. The Balaban J connectivity index is 0.000000153. The van der Waals surface area contributed by atoms with Crippen molar-refractivity contribution >= 4 is 16.9 Å². The molecule has 9 heteroatoms. The molecule has 30 heavy (non-hydrogen) atoms. The highest BCUT2D eigenvalue weighted by Crippen LogP contribution is 2.27. The predicted molar refractivity (Wildman–Crippen MR) is 113 cm³/mol. The molecule has 3 aromatic heterocycles. The zero-order valence-electron chi connectivity index (χ0n) is 16.4. The molecule has 5 rings (SSSR count). The lowest BCUT2D eigenvalue weighted by Crippen LogP contribution is -2.25. The van der Waals surface area contributed by atoms with Gasteiger partial charge in [0.05, 0.1) is 18.1 Å². The lowest BCUT2D eigenvalue weighted by atomic mass is 10.1. The van der Waals surface area contributed by atoms with E-state index in [1.54, 1.807) is 24.5 Å². The number of aromatic amines is 2. The SMILES string of the molecule is C=CC(=O)N1CCCC1.Oc1ccccc1-c1cc2cc[nH]c2nn1.c1cn[nH]n1. The number of likely N-dealkylation sites (tertiary alicyclic amines) is 1. The molecule has 0 saturated carbocycles.